The molecule has 0 aliphatic carbocycles. The van der Waals surface area contributed by atoms with Gasteiger partial charge in [0.1, 0.15) is 11.9 Å². The molecule has 0 saturated carbocycles. The van der Waals surface area contributed by atoms with E-state index in [1.807, 2.05) is 50.2 Å². The molecule has 0 aromatic heterocycles. The molecule has 0 bridgehead atoms. The van der Waals surface area contributed by atoms with Gasteiger partial charge < -0.3 is 9.64 Å². The first-order valence-electron chi connectivity index (χ1n) is 7.69. The predicted molar refractivity (Wildman–Crippen MR) is 96.4 cm³/mol. The molecule has 126 valence electrons. The number of thioether (sulfide) groups is 1. The Morgan fingerprint density at radius 2 is 1.88 bits per heavy atom. The van der Waals surface area contributed by atoms with Gasteiger partial charge in [0.05, 0.1) is 4.75 Å². The summed E-state index contributed by atoms with van der Waals surface area (Å²) in [4.78, 5) is 27.5. The Labute approximate surface area is 145 Å². The molecule has 0 spiro atoms. The van der Waals surface area contributed by atoms with Crippen LogP contribution in [-0.2, 0) is 0 Å². The second-order valence-corrected chi connectivity index (χ2v) is 8.05. The Balaban J connectivity index is 1.79. The Kier molecular flexibility index (Phi) is 4.17. The van der Waals surface area contributed by atoms with E-state index in [-0.39, 0.29) is 11.4 Å². The number of hydrogen-bond donors (Lipinski definition) is 0. The SMILES string of the molecule is CN(C(=O)Oc1ccc2ccccc2c1)C1N(C)C(=O)SC1(C)C. The van der Waals surface area contributed by atoms with Gasteiger partial charge in [-0.15, -0.1) is 0 Å². The van der Waals surface area contributed by atoms with Gasteiger partial charge in [0.2, 0.25) is 0 Å². The van der Waals surface area contributed by atoms with E-state index >= 15 is 0 Å². The summed E-state index contributed by atoms with van der Waals surface area (Å²) in [7, 11) is 3.36. The summed E-state index contributed by atoms with van der Waals surface area (Å²) in [5, 5.41) is 2.05. The van der Waals surface area contributed by atoms with Gasteiger partial charge in [0, 0.05) is 14.1 Å². The number of carbonyl (C=O) groups is 2. The summed E-state index contributed by atoms with van der Waals surface area (Å²) in [5.41, 5.74) is 0. The van der Waals surface area contributed by atoms with Gasteiger partial charge in [-0.25, -0.2) is 4.79 Å². The molecule has 0 radical (unpaired) electrons. The van der Waals surface area contributed by atoms with Gasteiger partial charge in [0.25, 0.3) is 5.24 Å². The van der Waals surface area contributed by atoms with Crippen molar-refractivity contribution in [3.05, 3.63) is 42.5 Å². The first-order valence-corrected chi connectivity index (χ1v) is 8.50. The molecule has 3 rings (SSSR count). The van der Waals surface area contributed by atoms with Crippen LogP contribution in [0.25, 0.3) is 10.8 Å². The van der Waals surface area contributed by atoms with Crippen LogP contribution < -0.4 is 4.74 Å². The summed E-state index contributed by atoms with van der Waals surface area (Å²) in [5.74, 6) is 0.489. The minimum atomic E-state index is -0.481. The molecule has 24 heavy (non-hydrogen) atoms. The van der Waals surface area contributed by atoms with Crippen molar-refractivity contribution >= 4 is 33.9 Å². The zero-order valence-corrected chi connectivity index (χ0v) is 15.0. The molecule has 5 nitrogen and oxygen atoms in total. The molecular weight excluding hydrogens is 324 g/mol. The van der Waals surface area contributed by atoms with E-state index in [0.717, 1.165) is 10.8 Å². The Bertz CT molecular complexity index is 806. The van der Waals surface area contributed by atoms with Crippen molar-refractivity contribution in [2.75, 3.05) is 14.1 Å². The number of hydrogen-bond acceptors (Lipinski definition) is 4. The van der Waals surface area contributed by atoms with Crippen molar-refractivity contribution in [2.24, 2.45) is 0 Å². The summed E-state index contributed by atoms with van der Waals surface area (Å²) in [6.07, 6.45) is -0.839. The van der Waals surface area contributed by atoms with Gasteiger partial charge in [-0.05, 0) is 36.8 Å². The number of benzene rings is 2. The second kappa shape index (κ2) is 6.02. The van der Waals surface area contributed by atoms with E-state index in [4.69, 9.17) is 4.74 Å². The molecule has 1 aliphatic rings. The molecule has 2 amide bonds. The Morgan fingerprint density at radius 3 is 2.50 bits per heavy atom. The van der Waals surface area contributed by atoms with Crippen molar-refractivity contribution in [1.82, 2.24) is 9.80 Å². The third kappa shape index (κ3) is 2.94. The maximum absolute atomic E-state index is 12.5. The van der Waals surface area contributed by atoms with Crippen LogP contribution in [0.15, 0.2) is 42.5 Å². The molecule has 2 aromatic carbocycles. The number of carbonyl (C=O) groups excluding carboxylic acids is 2. The number of fused-ring (bicyclic) bond motifs is 1. The lowest BCUT2D eigenvalue weighted by molar-refractivity contribution is 0.0898. The molecule has 1 saturated heterocycles. The first-order chi connectivity index (χ1) is 11.3. The number of nitrogens with zero attached hydrogens (tertiary/aromatic N) is 2. The zero-order valence-electron chi connectivity index (χ0n) is 14.1. The zero-order chi connectivity index (χ0) is 17.5. The van der Waals surface area contributed by atoms with E-state index in [1.165, 1.54) is 16.7 Å². The fraction of sp³-hybridized carbons (Fsp3) is 0.333. The van der Waals surface area contributed by atoms with E-state index < -0.39 is 10.8 Å². The fourth-order valence-electron chi connectivity index (χ4n) is 3.15. The van der Waals surface area contributed by atoms with Gasteiger partial charge in [-0.1, -0.05) is 42.1 Å². The van der Waals surface area contributed by atoms with Crippen LogP contribution in [-0.4, -0.2) is 46.1 Å². The van der Waals surface area contributed by atoms with Gasteiger partial charge >= 0.3 is 6.09 Å². The van der Waals surface area contributed by atoms with E-state index in [0.29, 0.717) is 5.75 Å². The van der Waals surface area contributed by atoms with Crippen molar-refractivity contribution in [2.45, 2.75) is 24.8 Å². The topological polar surface area (TPSA) is 49.9 Å². The number of ether oxygens (including phenoxy) is 1. The average Bonchev–Trinajstić information content (AvgIpc) is 2.74. The highest BCUT2D eigenvalue weighted by Crippen LogP contribution is 2.41. The molecule has 1 fully saturated rings. The maximum Gasteiger partial charge on any atom is 0.416 e. The Hall–Kier alpha value is -2.21. The van der Waals surface area contributed by atoms with Crippen LogP contribution in [0.2, 0.25) is 0 Å². The van der Waals surface area contributed by atoms with Crippen molar-refractivity contribution in [3.8, 4) is 5.75 Å². The largest absolute Gasteiger partial charge is 0.416 e. The third-order valence-corrected chi connectivity index (χ3v) is 5.41. The van der Waals surface area contributed by atoms with E-state index in [9.17, 15) is 9.59 Å². The van der Waals surface area contributed by atoms with Crippen LogP contribution in [0.1, 0.15) is 13.8 Å². The number of rotatable bonds is 2. The minimum Gasteiger partial charge on any atom is -0.410 e. The molecular formula is C18H20N2O3S. The van der Waals surface area contributed by atoms with Crippen LogP contribution in [0.5, 0.6) is 5.75 Å². The lowest BCUT2D eigenvalue weighted by Gasteiger charge is -2.35. The van der Waals surface area contributed by atoms with Crippen molar-refractivity contribution in [3.63, 3.8) is 0 Å². The number of amides is 2. The lowest BCUT2D eigenvalue weighted by atomic mass is 10.1. The minimum absolute atomic E-state index is 0.0460. The molecule has 1 aliphatic heterocycles. The standard InChI is InChI=1S/C18H20N2O3S/c1-18(2)15(20(4)17(22)24-18)19(3)16(21)23-14-10-9-12-7-5-6-8-13(12)11-14/h5-11,15H,1-4H3. The summed E-state index contributed by atoms with van der Waals surface area (Å²) in [6, 6.07) is 13.4. The fourth-order valence-corrected chi connectivity index (χ4v) is 4.26. The molecule has 0 N–H and O–H groups in total. The highest BCUT2D eigenvalue weighted by Gasteiger charge is 2.48. The maximum atomic E-state index is 12.5. The van der Waals surface area contributed by atoms with Gasteiger partial charge in [-0.3, -0.25) is 9.69 Å². The quantitative estimate of drug-likeness (QED) is 0.820. The Morgan fingerprint density at radius 1 is 1.21 bits per heavy atom. The summed E-state index contributed by atoms with van der Waals surface area (Å²) >= 11 is 1.23. The second-order valence-electron chi connectivity index (χ2n) is 6.44. The van der Waals surface area contributed by atoms with Crippen LogP contribution in [0, 0.1) is 0 Å². The normalized spacial score (nSPS) is 19.6. The van der Waals surface area contributed by atoms with E-state index in [2.05, 4.69) is 0 Å². The van der Waals surface area contributed by atoms with Gasteiger partial charge in [0.15, 0.2) is 0 Å². The molecule has 6 heteroatoms. The highest BCUT2D eigenvalue weighted by molar-refractivity contribution is 8.15. The highest BCUT2D eigenvalue weighted by atomic mass is 32.2. The monoisotopic (exact) mass is 344 g/mol. The van der Waals surface area contributed by atoms with Gasteiger partial charge in [-0.2, -0.15) is 0 Å². The average molecular weight is 344 g/mol. The van der Waals surface area contributed by atoms with Crippen LogP contribution >= 0.6 is 11.8 Å². The smallest absolute Gasteiger partial charge is 0.410 e. The molecule has 1 heterocycles. The lowest BCUT2D eigenvalue weighted by Crippen LogP contribution is -2.53. The molecule has 1 unspecified atom stereocenters. The van der Waals surface area contributed by atoms with E-state index in [1.54, 1.807) is 25.1 Å². The first kappa shape index (κ1) is 16.6. The molecule has 2 aromatic rings. The van der Waals surface area contributed by atoms with Crippen molar-refractivity contribution < 1.29 is 14.3 Å². The van der Waals surface area contributed by atoms with Crippen molar-refractivity contribution in [1.29, 1.82) is 0 Å². The predicted octanol–water partition coefficient (Wildman–Crippen LogP) is 4.17. The van der Waals surface area contributed by atoms with Crippen LogP contribution in [0.3, 0.4) is 0 Å². The molecule has 1 atom stereocenters. The summed E-state index contributed by atoms with van der Waals surface area (Å²) < 4.78 is 5.11. The third-order valence-electron chi connectivity index (χ3n) is 4.21. The van der Waals surface area contributed by atoms with Crippen LogP contribution in [0.4, 0.5) is 9.59 Å². The summed E-state index contributed by atoms with van der Waals surface area (Å²) in [6.45, 7) is 3.90.